The summed E-state index contributed by atoms with van der Waals surface area (Å²) in [6.07, 6.45) is 3.71. The number of nitrogens with one attached hydrogen (secondary N) is 4. The summed E-state index contributed by atoms with van der Waals surface area (Å²) in [5.41, 5.74) is 5.96. The average molecular weight is 1120 g/mol. The first-order valence-electron chi connectivity index (χ1n) is 24.6. The number of likely N-dealkylation sites (tertiary alicyclic amines) is 1. The lowest BCUT2D eigenvalue weighted by atomic mass is 9.85. The highest BCUT2D eigenvalue weighted by atomic mass is 32.2. The predicted molar refractivity (Wildman–Crippen MR) is 286 cm³/mol. The first-order valence-corrected chi connectivity index (χ1v) is 27.0. The van der Waals surface area contributed by atoms with E-state index in [1.807, 2.05) is 31.2 Å². The Kier molecular flexibility index (Phi) is 16.2. The van der Waals surface area contributed by atoms with Gasteiger partial charge in [0, 0.05) is 55.6 Å². The number of fused-ring (bicyclic) bond motifs is 1. The number of nitrogens with zero attached hydrogens (tertiary/aromatic N) is 7. The lowest BCUT2D eigenvalue weighted by Crippen LogP contribution is -2.58. The fraction of sp³-hybridized carbons (Fsp3) is 0.278. The van der Waals surface area contributed by atoms with E-state index in [1.54, 1.807) is 84.6 Å². The predicted octanol–water partition coefficient (Wildman–Crippen LogP) is 6.19. The number of aliphatic hydroxyl groups is 1. The number of sulfonamides is 1. The smallest absolute Gasteiger partial charge is 0.266 e. The van der Waals surface area contributed by atoms with Crippen molar-refractivity contribution in [2.45, 2.75) is 63.7 Å². The van der Waals surface area contributed by atoms with Gasteiger partial charge in [-0.25, -0.2) is 32.2 Å². The van der Waals surface area contributed by atoms with E-state index in [-0.39, 0.29) is 61.6 Å². The Labute approximate surface area is 455 Å². The van der Waals surface area contributed by atoms with Gasteiger partial charge < -0.3 is 39.8 Å². The van der Waals surface area contributed by atoms with Gasteiger partial charge in [0.15, 0.2) is 0 Å². The van der Waals surface area contributed by atoms with Gasteiger partial charge in [-0.15, -0.1) is 21.5 Å². The molecule has 5 N–H and O–H groups in total. The minimum absolute atomic E-state index is 0.0103. The van der Waals surface area contributed by atoms with Crippen LogP contribution >= 0.6 is 11.3 Å². The average Bonchev–Trinajstić information content (AvgIpc) is 4.39. The number of benzene rings is 3. The van der Waals surface area contributed by atoms with Crippen LogP contribution in [0.2, 0.25) is 0 Å². The Morgan fingerprint density at radius 3 is 2.41 bits per heavy atom. The second-order valence-corrected chi connectivity index (χ2v) is 22.0. The van der Waals surface area contributed by atoms with Crippen LogP contribution in [0.4, 0.5) is 14.5 Å². The van der Waals surface area contributed by atoms with Crippen molar-refractivity contribution in [1.29, 1.82) is 0 Å². The maximum atomic E-state index is 14.5. The van der Waals surface area contributed by atoms with Crippen molar-refractivity contribution in [1.82, 2.24) is 50.4 Å². The van der Waals surface area contributed by atoms with Gasteiger partial charge in [0.05, 0.1) is 53.2 Å². The number of methoxy groups -OCH3 is 1. The third-order valence-corrected chi connectivity index (χ3v) is 15.2. The van der Waals surface area contributed by atoms with Gasteiger partial charge in [0.25, 0.3) is 21.8 Å². The Morgan fingerprint density at radius 1 is 0.911 bits per heavy atom. The number of ether oxygens (including phenoxy) is 2. The van der Waals surface area contributed by atoms with Crippen molar-refractivity contribution >= 4 is 56.3 Å². The molecule has 5 aromatic heterocycles. The van der Waals surface area contributed by atoms with E-state index in [0.717, 1.165) is 33.8 Å². The van der Waals surface area contributed by atoms with Crippen LogP contribution in [0.1, 0.15) is 48.8 Å². The Hall–Kier alpha value is -8.52. The summed E-state index contributed by atoms with van der Waals surface area (Å²) >= 11 is 1.55. The molecular weight excluding hydrogens is 1060 g/mol. The summed E-state index contributed by atoms with van der Waals surface area (Å²) in [5, 5.41) is 27.5. The largest absolute Gasteiger partial charge is 0.480 e. The fourth-order valence-electron chi connectivity index (χ4n) is 8.83. The minimum atomic E-state index is -4.55. The Balaban J connectivity index is 0.792. The van der Waals surface area contributed by atoms with Crippen molar-refractivity contribution in [3.8, 4) is 50.5 Å². The van der Waals surface area contributed by atoms with Crippen molar-refractivity contribution in [3.63, 3.8) is 0 Å². The molecule has 0 spiro atoms. The van der Waals surface area contributed by atoms with E-state index in [2.05, 4.69) is 45.8 Å². The first kappa shape index (κ1) is 55.2. The van der Waals surface area contributed by atoms with E-state index in [0.29, 0.717) is 34.1 Å². The number of carbonyl (C=O) groups is 4. The monoisotopic (exact) mass is 1120 g/mol. The minimum Gasteiger partial charge on any atom is -0.480 e. The molecule has 1 aliphatic rings. The van der Waals surface area contributed by atoms with E-state index >= 15 is 0 Å². The zero-order valence-electron chi connectivity index (χ0n) is 43.2. The number of aliphatic hydroxyl groups excluding tert-OH is 1. The third-order valence-electron chi connectivity index (χ3n) is 12.8. The van der Waals surface area contributed by atoms with Crippen LogP contribution in [0.25, 0.3) is 50.3 Å². The van der Waals surface area contributed by atoms with Gasteiger partial charge in [-0.2, -0.15) is 0 Å². The van der Waals surface area contributed by atoms with Crippen LogP contribution in [0, 0.1) is 24.0 Å². The maximum Gasteiger partial charge on any atom is 0.266 e. The number of imidazole rings is 1. The van der Waals surface area contributed by atoms with Crippen LogP contribution in [-0.4, -0.2) is 123 Å². The molecule has 1 saturated heterocycles. The van der Waals surface area contributed by atoms with Crippen LogP contribution < -0.4 is 25.4 Å². The Bertz CT molecular complexity index is 3700. The maximum absolute atomic E-state index is 14.5. The van der Waals surface area contributed by atoms with Gasteiger partial charge in [-0.05, 0) is 65.9 Å². The highest BCUT2D eigenvalue weighted by Gasteiger charge is 2.44. The summed E-state index contributed by atoms with van der Waals surface area (Å²) in [5.74, 6) is -4.35. The van der Waals surface area contributed by atoms with Crippen molar-refractivity contribution in [2.75, 3.05) is 38.1 Å². The molecular formula is C54H53F2N11O10S2. The zero-order chi connectivity index (χ0) is 56.2. The molecule has 3 atom stereocenters. The Morgan fingerprint density at radius 2 is 1.67 bits per heavy atom. The normalized spacial score (nSPS) is 15.0. The van der Waals surface area contributed by atoms with Gasteiger partial charge in [0.1, 0.15) is 52.2 Å². The number of β-amino-alcohol motifs (C(OH)–C–C–N with tert-alkyl or cyclic N) is 1. The highest BCUT2D eigenvalue weighted by molar-refractivity contribution is 7.92. The van der Waals surface area contributed by atoms with Crippen LogP contribution in [-0.2, 0) is 35.7 Å². The molecule has 79 heavy (non-hydrogen) atoms. The lowest BCUT2D eigenvalue weighted by Gasteiger charge is -2.35. The second-order valence-electron chi connectivity index (χ2n) is 19.5. The van der Waals surface area contributed by atoms with E-state index in [1.165, 1.54) is 30.5 Å². The van der Waals surface area contributed by atoms with Crippen molar-refractivity contribution in [3.05, 3.63) is 137 Å². The van der Waals surface area contributed by atoms with Gasteiger partial charge in [-0.1, -0.05) is 57.2 Å². The topological polar surface area (TPSA) is 274 Å². The zero-order valence-corrected chi connectivity index (χ0v) is 44.8. The van der Waals surface area contributed by atoms with Crippen LogP contribution in [0.15, 0.2) is 118 Å². The van der Waals surface area contributed by atoms with Gasteiger partial charge in [0.2, 0.25) is 29.5 Å². The fourth-order valence-corrected chi connectivity index (χ4v) is 10.8. The summed E-state index contributed by atoms with van der Waals surface area (Å²) in [6.45, 7) is 6.85. The molecule has 410 valence electrons. The second kappa shape index (κ2) is 23.2. The molecule has 21 nitrogen and oxygen atoms in total. The molecule has 1 aliphatic heterocycles. The number of carbonyl (C=O) groups excluding carboxylic acids is 4. The molecule has 0 aliphatic carbocycles. The van der Waals surface area contributed by atoms with Crippen LogP contribution in [0.3, 0.4) is 0 Å². The number of anilines is 1. The van der Waals surface area contributed by atoms with Crippen molar-refractivity contribution < 1.29 is 55.4 Å². The molecule has 3 aromatic carbocycles. The molecule has 4 amide bonds. The van der Waals surface area contributed by atoms with Gasteiger partial charge in [-0.3, -0.25) is 28.3 Å². The summed E-state index contributed by atoms with van der Waals surface area (Å²) in [6, 6.07) is 19.2. The quantitative estimate of drug-likeness (QED) is 0.0565. The number of rotatable bonds is 19. The molecule has 9 rings (SSSR count). The molecule has 1 fully saturated rings. The SMILES string of the molecule is COc1ncc(-c2ccc3ncc(-c4nnc(-c5ccccc5C(=O)NCCOCC(=O)N[C@H](C(=O)N5C[C@H](O)C[C@H]5C(=O)NCc5ccc(-c6scnc6C)cc5)C(C)(C)C)o4)n3c2)cc1NS(=O)(=O)c1ccc(F)cc1F. The number of pyridine rings is 2. The number of hydrogen-bond acceptors (Lipinski definition) is 16. The van der Waals surface area contributed by atoms with E-state index in [4.69, 9.17) is 13.9 Å². The van der Waals surface area contributed by atoms with E-state index in [9.17, 15) is 41.5 Å². The van der Waals surface area contributed by atoms with Gasteiger partial charge >= 0.3 is 0 Å². The first-order chi connectivity index (χ1) is 37.8. The summed E-state index contributed by atoms with van der Waals surface area (Å²) in [4.78, 5) is 69.0. The standard InChI is InChI=1S/C54H53F2N11O10S2/c1-30-46(78-29-61-30)32-12-10-31(11-13-32)23-59-49(71)41-22-36(68)27-67(41)53(72)47(54(2,3)4)62-45(69)28-76-19-18-57-48(70)37-8-6-7-9-38(37)50-63-64-52(77-50)42-25-58-44-17-14-33(26-66(42)44)34-20-40(51(75-5)60-24-34)65-79(73,74)43-16-15-35(55)21-39(43)56/h6-17,20-21,24-26,29,36,41,47,65,68H,18-19,22-23,27-28H2,1-5H3,(H,57,70)(H,59,71)(H,62,69)/t36-,41+,47-/m1/s1. The number of hydrogen-bond donors (Lipinski definition) is 5. The number of halogens is 2. The highest BCUT2D eigenvalue weighted by Crippen LogP contribution is 2.34. The molecule has 8 aromatic rings. The lowest BCUT2D eigenvalue weighted by molar-refractivity contribution is -0.144. The number of amides is 4. The number of thiazole rings is 1. The molecule has 0 bridgehead atoms. The van der Waals surface area contributed by atoms with Crippen molar-refractivity contribution in [2.24, 2.45) is 5.41 Å². The van der Waals surface area contributed by atoms with E-state index < -0.39 is 80.4 Å². The molecule has 25 heteroatoms. The van der Waals surface area contributed by atoms with Crippen LogP contribution in [0.5, 0.6) is 5.88 Å². The summed E-state index contributed by atoms with van der Waals surface area (Å²) in [7, 11) is -3.27. The number of aryl methyl sites for hydroxylation is 1. The molecule has 0 unspecified atom stereocenters. The summed E-state index contributed by atoms with van der Waals surface area (Å²) < 4.78 is 75.3. The molecule has 6 heterocycles. The molecule has 0 radical (unpaired) electrons. The number of aromatic nitrogens is 6. The third kappa shape index (κ3) is 12.4. The molecule has 0 saturated carbocycles.